The molecule has 0 spiro atoms. The van der Waals surface area contributed by atoms with Gasteiger partial charge < -0.3 is 16.3 Å². The molecule has 0 aliphatic heterocycles. The maximum atomic E-state index is 8.61. The summed E-state index contributed by atoms with van der Waals surface area (Å²) in [4.78, 5) is 5.41. The summed E-state index contributed by atoms with van der Waals surface area (Å²) in [5, 5.41) is 17.0. The summed E-state index contributed by atoms with van der Waals surface area (Å²) < 4.78 is 0. The molecule has 2 aromatic rings. The molecule has 0 atom stereocenters. The monoisotopic (exact) mass is 276 g/mol. The Morgan fingerprint density at radius 3 is 3.11 bits per heavy atom. The number of oxime groups is 1. The van der Waals surface area contributed by atoms with Crippen molar-refractivity contribution >= 4 is 17.2 Å². The molecule has 0 radical (unpaired) electrons. The van der Waals surface area contributed by atoms with Crippen molar-refractivity contribution < 1.29 is 5.21 Å². The van der Waals surface area contributed by atoms with Gasteiger partial charge in [-0.3, -0.25) is 4.98 Å². The molecule has 0 aliphatic rings. The second-order valence-electron chi connectivity index (χ2n) is 4.04. The van der Waals surface area contributed by atoms with E-state index in [1.54, 1.807) is 17.5 Å². The minimum Gasteiger partial charge on any atom is -0.409 e. The van der Waals surface area contributed by atoms with E-state index in [2.05, 4.69) is 33.0 Å². The number of amidine groups is 1. The van der Waals surface area contributed by atoms with E-state index in [0.29, 0.717) is 5.69 Å². The van der Waals surface area contributed by atoms with E-state index in [0.717, 1.165) is 25.1 Å². The molecule has 0 saturated heterocycles. The van der Waals surface area contributed by atoms with Gasteiger partial charge >= 0.3 is 0 Å². The van der Waals surface area contributed by atoms with Crippen molar-refractivity contribution in [3.05, 3.63) is 52.0 Å². The third-order valence-electron chi connectivity index (χ3n) is 2.65. The first-order valence-electron chi connectivity index (χ1n) is 5.95. The van der Waals surface area contributed by atoms with Crippen molar-refractivity contribution in [2.75, 3.05) is 6.54 Å². The zero-order valence-electron chi connectivity index (χ0n) is 10.4. The van der Waals surface area contributed by atoms with Gasteiger partial charge in [-0.05, 0) is 35.6 Å². The molecule has 0 saturated carbocycles. The van der Waals surface area contributed by atoms with E-state index in [1.807, 2.05) is 12.1 Å². The molecule has 100 valence electrons. The molecule has 0 amide bonds. The number of hydrogen-bond donors (Lipinski definition) is 3. The molecular formula is C13H16N4OS. The summed E-state index contributed by atoms with van der Waals surface area (Å²) in [6.45, 7) is 1.65. The number of rotatable bonds is 6. The van der Waals surface area contributed by atoms with Gasteiger partial charge in [0.05, 0.1) is 0 Å². The first kappa shape index (κ1) is 13.5. The van der Waals surface area contributed by atoms with E-state index in [-0.39, 0.29) is 5.84 Å². The summed E-state index contributed by atoms with van der Waals surface area (Å²) >= 11 is 1.77. The Balaban J connectivity index is 1.82. The molecular weight excluding hydrogens is 260 g/mol. The second kappa shape index (κ2) is 6.86. The SMILES string of the molecule is NC(=NO)c1cc(CNCCc2cccs2)ccn1. The lowest BCUT2D eigenvalue weighted by Gasteiger charge is -2.05. The molecule has 2 heterocycles. The van der Waals surface area contributed by atoms with Gasteiger partial charge in [-0.1, -0.05) is 11.2 Å². The van der Waals surface area contributed by atoms with Crippen LogP contribution in [0.4, 0.5) is 0 Å². The maximum absolute atomic E-state index is 8.61. The molecule has 0 fully saturated rings. The summed E-state index contributed by atoms with van der Waals surface area (Å²) in [5.74, 6) is 0.0282. The number of aromatic nitrogens is 1. The second-order valence-corrected chi connectivity index (χ2v) is 5.07. The highest BCUT2D eigenvalue weighted by atomic mass is 32.1. The van der Waals surface area contributed by atoms with Crippen LogP contribution in [0.25, 0.3) is 0 Å². The minimum atomic E-state index is 0.0282. The quantitative estimate of drug-likeness (QED) is 0.246. The Bertz CT molecular complexity index is 539. The summed E-state index contributed by atoms with van der Waals surface area (Å²) in [6.07, 6.45) is 2.68. The topological polar surface area (TPSA) is 83.5 Å². The predicted octanol–water partition coefficient (Wildman–Crippen LogP) is 1.57. The van der Waals surface area contributed by atoms with E-state index >= 15 is 0 Å². The van der Waals surface area contributed by atoms with Crippen LogP contribution in [-0.2, 0) is 13.0 Å². The number of thiophene rings is 1. The van der Waals surface area contributed by atoms with E-state index in [1.165, 1.54) is 4.88 Å². The van der Waals surface area contributed by atoms with Crippen LogP contribution < -0.4 is 11.1 Å². The Morgan fingerprint density at radius 1 is 1.47 bits per heavy atom. The average Bonchev–Trinajstić information content (AvgIpc) is 2.96. The van der Waals surface area contributed by atoms with Crippen LogP contribution in [0.2, 0.25) is 0 Å². The molecule has 4 N–H and O–H groups in total. The highest BCUT2D eigenvalue weighted by Crippen LogP contribution is 2.08. The largest absolute Gasteiger partial charge is 0.409 e. The zero-order valence-corrected chi connectivity index (χ0v) is 11.2. The Kier molecular flexibility index (Phi) is 4.88. The summed E-state index contributed by atoms with van der Waals surface area (Å²) in [7, 11) is 0. The number of nitrogens with zero attached hydrogens (tertiary/aromatic N) is 2. The van der Waals surface area contributed by atoms with Crippen molar-refractivity contribution in [2.24, 2.45) is 10.9 Å². The smallest absolute Gasteiger partial charge is 0.188 e. The third kappa shape index (κ3) is 4.04. The van der Waals surface area contributed by atoms with Gasteiger partial charge in [-0.25, -0.2) is 0 Å². The van der Waals surface area contributed by atoms with Gasteiger partial charge in [0.1, 0.15) is 5.69 Å². The summed E-state index contributed by atoms with van der Waals surface area (Å²) in [6, 6.07) is 7.92. The fraction of sp³-hybridized carbons (Fsp3) is 0.231. The Morgan fingerprint density at radius 2 is 2.37 bits per heavy atom. The van der Waals surface area contributed by atoms with Crippen molar-refractivity contribution in [3.8, 4) is 0 Å². The number of nitrogens with one attached hydrogen (secondary N) is 1. The van der Waals surface area contributed by atoms with E-state index in [4.69, 9.17) is 10.9 Å². The first-order valence-corrected chi connectivity index (χ1v) is 6.83. The third-order valence-corrected chi connectivity index (χ3v) is 3.59. The highest BCUT2D eigenvalue weighted by Gasteiger charge is 2.02. The normalized spacial score (nSPS) is 11.7. The van der Waals surface area contributed by atoms with Gasteiger partial charge in [0.2, 0.25) is 0 Å². The van der Waals surface area contributed by atoms with Crippen LogP contribution in [-0.4, -0.2) is 22.6 Å². The lowest BCUT2D eigenvalue weighted by Crippen LogP contribution is -2.18. The average molecular weight is 276 g/mol. The first-order chi connectivity index (χ1) is 9.29. The lowest BCUT2D eigenvalue weighted by molar-refractivity contribution is 0.318. The lowest BCUT2D eigenvalue weighted by atomic mass is 10.2. The van der Waals surface area contributed by atoms with Crippen LogP contribution in [0.15, 0.2) is 41.0 Å². The molecule has 2 rings (SSSR count). The van der Waals surface area contributed by atoms with Gasteiger partial charge in [-0.15, -0.1) is 11.3 Å². The molecule has 19 heavy (non-hydrogen) atoms. The van der Waals surface area contributed by atoms with Gasteiger partial charge in [0.25, 0.3) is 0 Å². The van der Waals surface area contributed by atoms with Crippen LogP contribution in [0.1, 0.15) is 16.1 Å². The van der Waals surface area contributed by atoms with E-state index in [9.17, 15) is 0 Å². The molecule has 0 bridgehead atoms. The van der Waals surface area contributed by atoms with Crippen LogP contribution in [0.3, 0.4) is 0 Å². The fourth-order valence-corrected chi connectivity index (χ4v) is 2.38. The Hall–Kier alpha value is -1.92. The molecule has 5 nitrogen and oxygen atoms in total. The minimum absolute atomic E-state index is 0.0282. The van der Waals surface area contributed by atoms with E-state index < -0.39 is 0 Å². The standard InChI is InChI=1S/C13H16N4OS/c14-13(17-18)12-8-10(3-6-16-12)9-15-5-4-11-2-1-7-19-11/h1-3,6-8,15,18H,4-5,9H2,(H2,14,17). The van der Waals surface area contributed by atoms with Crippen molar-refractivity contribution in [1.82, 2.24) is 10.3 Å². The van der Waals surface area contributed by atoms with Crippen LogP contribution in [0.5, 0.6) is 0 Å². The van der Waals surface area contributed by atoms with Gasteiger partial charge in [0, 0.05) is 24.2 Å². The van der Waals surface area contributed by atoms with Crippen LogP contribution >= 0.6 is 11.3 Å². The molecule has 0 unspecified atom stereocenters. The van der Waals surface area contributed by atoms with Gasteiger partial charge in [-0.2, -0.15) is 0 Å². The van der Waals surface area contributed by atoms with Crippen molar-refractivity contribution in [1.29, 1.82) is 0 Å². The van der Waals surface area contributed by atoms with Gasteiger partial charge in [0.15, 0.2) is 5.84 Å². The molecule has 2 aromatic heterocycles. The Labute approximate surface area is 115 Å². The van der Waals surface area contributed by atoms with Crippen LogP contribution in [0, 0.1) is 0 Å². The molecule has 6 heteroatoms. The maximum Gasteiger partial charge on any atom is 0.188 e. The number of pyridine rings is 1. The highest BCUT2D eigenvalue weighted by molar-refractivity contribution is 7.09. The molecule has 0 aromatic carbocycles. The number of nitrogens with two attached hydrogens (primary N) is 1. The summed E-state index contributed by atoms with van der Waals surface area (Å²) in [5.41, 5.74) is 7.04. The fourth-order valence-electron chi connectivity index (χ4n) is 1.67. The molecule has 0 aliphatic carbocycles. The van der Waals surface area contributed by atoms with Crippen molar-refractivity contribution in [2.45, 2.75) is 13.0 Å². The number of hydrogen-bond acceptors (Lipinski definition) is 5. The van der Waals surface area contributed by atoms with Crippen molar-refractivity contribution in [3.63, 3.8) is 0 Å². The predicted molar refractivity (Wildman–Crippen MR) is 76.5 cm³/mol. The zero-order chi connectivity index (χ0) is 13.5.